The molecule has 0 atom stereocenters. The fourth-order valence-electron chi connectivity index (χ4n) is 4.85. The van der Waals surface area contributed by atoms with E-state index in [4.69, 9.17) is 0 Å². The Morgan fingerprint density at radius 1 is 0.611 bits per heavy atom. The molecule has 1 saturated carbocycles. The van der Waals surface area contributed by atoms with Gasteiger partial charge in [0.05, 0.1) is 0 Å². The summed E-state index contributed by atoms with van der Waals surface area (Å²) >= 11 is 0. The molecule has 0 aromatic rings. The van der Waals surface area contributed by atoms with Gasteiger partial charge in [0.25, 0.3) is 0 Å². The van der Waals surface area contributed by atoms with E-state index in [9.17, 15) is 0 Å². The predicted molar refractivity (Wildman–Crippen MR) is 162 cm³/mol. The van der Waals surface area contributed by atoms with Crippen molar-refractivity contribution in [2.75, 3.05) is 19.6 Å². The zero-order chi connectivity index (χ0) is 26.5. The van der Waals surface area contributed by atoms with Gasteiger partial charge in [0.2, 0.25) is 0 Å². The van der Waals surface area contributed by atoms with Crippen LogP contribution in [0, 0.1) is 5.41 Å². The van der Waals surface area contributed by atoms with Crippen LogP contribution in [0.1, 0.15) is 96.3 Å². The standard InChI is InChI=1S/C33H55N3/c1-7-29(5)34-26-17-11-14-23-33(10-4,24-15-12-18-27-35-30(6)8-2)25-16-13-19-28-36-32(9-3)31-21-20-22-31/h7-10,34-36H,1-6,11-28H2. The molecule has 3 N–H and O–H groups in total. The van der Waals surface area contributed by atoms with Gasteiger partial charge in [-0.25, -0.2) is 0 Å². The first-order valence-electron chi connectivity index (χ1n) is 14.3. The number of hydrogen-bond donors (Lipinski definition) is 3. The molecule has 0 heterocycles. The normalized spacial score (nSPS) is 12.7. The van der Waals surface area contributed by atoms with E-state index in [1.165, 1.54) is 102 Å². The smallest absolute Gasteiger partial charge is 0.0326 e. The van der Waals surface area contributed by atoms with E-state index in [0.29, 0.717) is 0 Å². The number of hydrogen-bond acceptors (Lipinski definition) is 3. The quantitative estimate of drug-likeness (QED) is 0.0676. The highest BCUT2D eigenvalue weighted by atomic mass is 14.9. The molecule has 1 fully saturated rings. The number of unbranched alkanes of at least 4 members (excludes halogenated alkanes) is 6. The Morgan fingerprint density at radius 3 is 1.39 bits per heavy atom. The Morgan fingerprint density at radius 2 is 1.06 bits per heavy atom. The van der Waals surface area contributed by atoms with Gasteiger partial charge in [0, 0.05) is 36.7 Å². The van der Waals surface area contributed by atoms with Crippen molar-refractivity contribution in [2.45, 2.75) is 96.3 Å². The first kappa shape index (κ1) is 31.6. The topological polar surface area (TPSA) is 36.1 Å². The summed E-state index contributed by atoms with van der Waals surface area (Å²) in [4.78, 5) is 0. The fraction of sp³-hybridized carbons (Fsp3) is 0.576. The van der Waals surface area contributed by atoms with Crippen molar-refractivity contribution in [1.29, 1.82) is 0 Å². The third-order valence-electron chi connectivity index (χ3n) is 7.54. The van der Waals surface area contributed by atoms with Crippen molar-refractivity contribution in [3.8, 4) is 0 Å². The van der Waals surface area contributed by atoms with Gasteiger partial charge in [0.1, 0.15) is 0 Å². The van der Waals surface area contributed by atoms with Crippen molar-refractivity contribution in [3.05, 3.63) is 86.4 Å². The first-order valence-corrected chi connectivity index (χ1v) is 14.3. The van der Waals surface area contributed by atoms with Gasteiger partial charge in [-0.1, -0.05) is 77.5 Å². The molecule has 0 bridgehead atoms. The van der Waals surface area contributed by atoms with Crippen LogP contribution in [0.25, 0.3) is 0 Å². The Labute approximate surface area is 223 Å². The summed E-state index contributed by atoms with van der Waals surface area (Å²) < 4.78 is 0. The first-order chi connectivity index (χ1) is 17.5. The SMILES string of the molecule is C=CC(=C)NCCCCCC(C=C)(CCCCCNC(=C)C=C)CCCCCNC(C=C)=C1CCC1. The summed E-state index contributed by atoms with van der Waals surface area (Å²) in [7, 11) is 0. The van der Waals surface area contributed by atoms with Crippen LogP contribution >= 0.6 is 0 Å². The summed E-state index contributed by atoms with van der Waals surface area (Å²) in [5.41, 5.74) is 4.95. The van der Waals surface area contributed by atoms with Gasteiger partial charge in [-0.15, -0.1) is 6.58 Å². The molecule has 0 aromatic carbocycles. The van der Waals surface area contributed by atoms with Gasteiger partial charge in [0.15, 0.2) is 0 Å². The number of allylic oxidation sites excluding steroid dienone is 5. The van der Waals surface area contributed by atoms with Gasteiger partial charge < -0.3 is 16.0 Å². The van der Waals surface area contributed by atoms with E-state index in [2.05, 4.69) is 61.5 Å². The second-order valence-corrected chi connectivity index (χ2v) is 10.3. The van der Waals surface area contributed by atoms with Crippen molar-refractivity contribution in [3.63, 3.8) is 0 Å². The molecule has 202 valence electrons. The largest absolute Gasteiger partial charge is 0.386 e. The lowest BCUT2D eigenvalue weighted by Gasteiger charge is -2.31. The zero-order valence-electron chi connectivity index (χ0n) is 23.3. The van der Waals surface area contributed by atoms with Crippen LogP contribution in [0.5, 0.6) is 0 Å². The molecule has 3 heteroatoms. The van der Waals surface area contributed by atoms with Crippen LogP contribution < -0.4 is 16.0 Å². The third-order valence-corrected chi connectivity index (χ3v) is 7.54. The van der Waals surface area contributed by atoms with E-state index in [1.54, 1.807) is 17.7 Å². The Hall–Kier alpha value is -2.42. The van der Waals surface area contributed by atoms with Crippen LogP contribution in [0.15, 0.2) is 86.4 Å². The maximum atomic E-state index is 4.32. The number of rotatable bonds is 25. The minimum atomic E-state index is 0.268. The van der Waals surface area contributed by atoms with Crippen LogP contribution in [0.2, 0.25) is 0 Å². The van der Waals surface area contributed by atoms with E-state index in [-0.39, 0.29) is 5.41 Å². The van der Waals surface area contributed by atoms with Crippen molar-refractivity contribution in [2.24, 2.45) is 5.41 Å². The van der Waals surface area contributed by atoms with Gasteiger partial charge >= 0.3 is 0 Å². The molecule has 36 heavy (non-hydrogen) atoms. The maximum absolute atomic E-state index is 4.32. The van der Waals surface area contributed by atoms with E-state index in [1.807, 2.05) is 6.08 Å². The minimum absolute atomic E-state index is 0.268. The molecule has 1 aliphatic carbocycles. The molecule has 0 aliphatic heterocycles. The van der Waals surface area contributed by atoms with Crippen LogP contribution in [0.4, 0.5) is 0 Å². The summed E-state index contributed by atoms with van der Waals surface area (Å²) in [5, 5.41) is 10.3. The molecule has 1 rings (SSSR count). The average Bonchev–Trinajstić information content (AvgIpc) is 2.87. The molecular formula is C33H55N3. The molecule has 0 aromatic heterocycles. The van der Waals surface area contributed by atoms with Crippen LogP contribution in [-0.2, 0) is 0 Å². The van der Waals surface area contributed by atoms with Crippen LogP contribution in [-0.4, -0.2) is 19.6 Å². The van der Waals surface area contributed by atoms with Crippen LogP contribution in [0.3, 0.4) is 0 Å². The maximum Gasteiger partial charge on any atom is 0.0326 e. The Kier molecular flexibility index (Phi) is 17.3. The van der Waals surface area contributed by atoms with Crippen molar-refractivity contribution >= 4 is 0 Å². The molecule has 0 radical (unpaired) electrons. The highest BCUT2D eigenvalue weighted by molar-refractivity contribution is 5.26. The van der Waals surface area contributed by atoms with Crippen molar-refractivity contribution in [1.82, 2.24) is 16.0 Å². The molecule has 3 nitrogen and oxygen atoms in total. The second-order valence-electron chi connectivity index (χ2n) is 10.3. The van der Waals surface area contributed by atoms with E-state index >= 15 is 0 Å². The third kappa shape index (κ3) is 13.6. The molecule has 1 aliphatic rings. The Balaban J connectivity index is 2.43. The monoisotopic (exact) mass is 493 g/mol. The average molecular weight is 494 g/mol. The molecule has 0 spiro atoms. The van der Waals surface area contributed by atoms with Crippen molar-refractivity contribution < 1.29 is 0 Å². The lowest BCUT2D eigenvalue weighted by atomic mass is 9.74. The fourth-order valence-corrected chi connectivity index (χ4v) is 4.85. The Bertz CT molecular complexity index is 689. The summed E-state index contributed by atoms with van der Waals surface area (Å²) in [6, 6.07) is 0. The molecule has 0 amide bonds. The van der Waals surface area contributed by atoms with E-state index < -0.39 is 0 Å². The lowest BCUT2D eigenvalue weighted by molar-refractivity contribution is 0.266. The predicted octanol–water partition coefficient (Wildman–Crippen LogP) is 8.63. The zero-order valence-corrected chi connectivity index (χ0v) is 23.3. The highest BCUT2D eigenvalue weighted by Crippen LogP contribution is 2.38. The summed E-state index contributed by atoms with van der Waals surface area (Å²) in [5.74, 6) is 0. The lowest BCUT2D eigenvalue weighted by Crippen LogP contribution is -2.20. The van der Waals surface area contributed by atoms with Gasteiger partial charge in [-0.2, -0.15) is 0 Å². The molecule has 0 unspecified atom stereocenters. The highest BCUT2D eigenvalue weighted by Gasteiger charge is 2.25. The summed E-state index contributed by atoms with van der Waals surface area (Å²) in [6.45, 7) is 26.7. The van der Waals surface area contributed by atoms with Gasteiger partial charge in [-0.05, 0) is 87.0 Å². The molecular weight excluding hydrogens is 438 g/mol. The summed E-state index contributed by atoms with van der Waals surface area (Å²) in [6.07, 6.45) is 26.5. The second kappa shape index (κ2) is 19.7. The van der Waals surface area contributed by atoms with E-state index in [0.717, 1.165) is 31.0 Å². The van der Waals surface area contributed by atoms with Gasteiger partial charge in [-0.3, -0.25) is 0 Å². The minimum Gasteiger partial charge on any atom is -0.386 e. The molecule has 0 saturated heterocycles. The number of nitrogens with one attached hydrogen (secondary N) is 3.